The first kappa shape index (κ1) is 23.6. The highest BCUT2D eigenvalue weighted by Gasteiger charge is 2.23. The van der Waals surface area contributed by atoms with E-state index >= 15 is 0 Å². The number of carboxylic acid groups (broad SMARTS) is 1. The van der Waals surface area contributed by atoms with Crippen LogP contribution in [0.5, 0.6) is 5.75 Å². The Hall–Kier alpha value is -4.12. The lowest BCUT2D eigenvalue weighted by Crippen LogP contribution is -2.27. The molecule has 5 nitrogen and oxygen atoms in total. The third-order valence-corrected chi connectivity index (χ3v) is 6.95. The Morgan fingerprint density at radius 2 is 1.58 bits per heavy atom. The molecule has 1 unspecified atom stereocenters. The average Bonchev–Trinajstić information content (AvgIpc) is 2.90. The highest BCUT2D eigenvalue weighted by atomic mass is 16.5. The van der Waals surface area contributed by atoms with E-state index in [9.17, 15) is 9.59 Å². The lowest BCUT2D eigenvalue weighted by atomic mass is 9.83. The van der Waals surface area contributed by atoms with Crippen molar-refractivity contribution >= 4 is 5.97 Å². The van der Waals surface area contributed by atoms with E-state index in [4.69, 9.17) is 9.84 Å². The van der Waals surface area contributed by atoms with E-state index in [0.717, 1.165) is 30.4 Å². The van der Waals surface area contributed by atoms with Gasteiger partial charge in [-0.2, -0.15) is 0 Å². The van der Waals surface area contributed by atoms with Gasteiger partial charge in [0, 0.05) is 24.7 Å². The van der Waals surface area contributed by atoms with E-state index in [1.165, 1.54) is 16.7 Å². The molecule has 1 aliphatic carbocycles. The Morgan fingerprint density at radius 1 is 0.889 bits per heavy atom. The van der Waals surface area contributed by atoms with E-state index in [1.54, 1.807) is 6.07 Å². The van der Waals surface area contributed by atoms with Crippen LogP contribution in [0.3, 0.4) is 0 Å². The fourth-order valence-corrected chi connectivity index (χ4v) is 5.29. The van der Waals surface area contributed by atoms with Crippen molar-refractivity contribution in [1.82, 2.24) is 4.57 Å². The van der Waals surface area contributed by atoms with Gasteiger partial charge in [0.1, 0.15) is 5.75 Å². The Kier molecular flexibility index (Phi) is 6.99. The number of ether oxygens (including phenoxy) is 1. The molecule has 1 heterocycles. The summed E-state index contributed by atoms with van der Waals surface area (Å²) in [7, 11) is 0. The number of carboxylic acids is 1. The van der Waals surface area contributed by atoms with Crippen molar-refractivity contribution in [3.63, 3.8) is 0 Å². The van der Waals surface area contributed by atoms with Gasteiger partial charge >= 0.3 is 5.97 Å². The summed E-state index contributed by atoms with van der Waals surface area (Å²) in [5.41, 5.74) is 5.73. The maximum atomic E-state index is 12.9. The third-order valence-electron chi connectivity index (χ3n) is 6.95. The molecular weight excluding hydrogens is 450 g/mol. The fraction of sp³-hybridized carbons (Fsp3) is 0.226. The zero-order valence-corrected chi connectivity index (χ0v) is 20.0. The molecule has 0 fully saturated rings. The predicted molar refractivity (Wildman–Crippen MR) is 140 cm³/mol. The summed E-state index contributed by atoms with van der Waals surface area (Å²) in [6.07, 6.45) is 4.57. The van der Waals surface area contributed by atoms with Gasteiger partial charge in [0.05, 0.1) is 0 Å². The number of pyridine rings is 1. The first-order chi connectivity index (χ1) is 17.6. The summed E-state index contributed by atoms with van der Waals surface area (Å²) < 4.78 is 7.37. The summed E-state index contributed by atoms with van der Waals surface area (Å²) in [6.45, 7) is 0.300. The standard InChI is InChI=1S/C31H29NO4/c33-29-17-15-26(31(23-8-3-1-4-9-23)24-10-5-2-6-11-24)20-32(29)19-22-14-16-27-25(18-22)12-7-13-28(27)36-21-30(34)35/h1-13,15,17,20,22,31H,14,16,18-19,21H2,(H,34,35). The molecule has 36 heavy (non-hydrogen) atoms. The van der Waals surface area contributed by atoms with Crippen molar-refractivity contribution in [2.75, 3.05) is 6.61 Å². The number of hydrogen-bond donors (Lipinski definition) is 1. The van der Waals surface area contributed by atoms with Gasteiger partial charge in [-0.3, -0.25) is 4.79 Å². The maximum absolute atomic E-state index is 12.9. The number of hydrogen-bond acceptors (Lipinski definition) is 3. The van der Waals surface area contributed by atoms with Crippen molar-refractivity contribution in [3.8, 4) is 5.75 Å². The highest BCUT2D eigenvalue weighted by molar-refractivity contribution is 5.68. The molecule has 0 radical (unpaired) electrons. The van der Waals surface area contributed by atoms with Crippen molar-refractivity contribution in [3.05, 3.63) is 135 Å². The second-order valence-electron chi connectivity index (χ2n) is 9.39. The van der Waals surface area contributed by atoms with Crippen LogP contribution >= 0.6 is 0 Å². The topological polar surface area (TPSA) is 68.5 Å². The van der Waals surface area contributed by atoms with Crippen molar-refractivity contribution in [2.45, 2.75) is 31.7 Å². The first-order valence-electron chi connectivity index (χ1n) is 12.3. The van der Waals surface area contributed by atoms with E-state index in [2.05, 4.69) is 54.6 Å². The molecule has 182 valence electrons. The van der Waals surface area contributed by atoms with Crippen LogP contribution in [0, 0.1) is 5.92 Å². The van der Waals surface area contributed by atoms with Gasteiger partial charge in [0.2, 0.25) is 0 Å². The quantitative estimate of drug-likeness (QED) is 0.373. The molecule has 0 amide bonds. The van der Waals surface area contributed by atoms with Crippen LogP contribution in [0.2, 0.25) is 0 Å². The second-order valence-corrected chi connectivity index (χ2v) is 9.39. The van der Waals surface area contributed by atoms with Gasteiger partial charge in [-0.1, -0.05) is 78.9 Å². The van der Waals surface area contributed by atoms with Crippen molar-refractivity contribution in [2.24, 2.45) is 5.92 Å². The minimum Gasteiger partial charge on any atom is -0.482 e. The Morgan fingerprint density at radius 3 is 2.25 bits per heavy atom. The minimum atomic E-state index is -0.982. The molecular formula is C31H29NO4. The molecule has 1 aromatic heterocycles. The zero-order chi connectivity index (χ0) is 24.9. The van der Waals surface area contributed by atoms with Gasteiger partial charge in [-0.05, 0) is 59.1 Å². The molecule has 0 spiro atoms. The summed E-state index contributed by atoms with van der Waals surface area (Å²) in [5.74, 6) is 0.0262. The molecule has 5 rings (SSSR count). The molecule has 0 bridgehead atoms. The van der Waals surface area contributed by atoms with E-state index in [-0.39, 0.29) is 18.1 Å². The lowest BCUT2D eigenvalue weighted by Gasteiger charge is -2.27. The predicted octanol–water partition coefficient (Wildman–Crippen LogP) is 5.30. The molecule has 4 aromatic rings. The van der Waals surface area contributed by atoms with Crippen LogP contribution in [0.1, 0.15) is 40.2 Å². The molecule has 1 atom stereocenters. The van der Waals surface area contributed by atoms with Crippen LogP contribution in [0.25, 0.3) is 0 Å². The maximum Gasteiger partial charge on any atom is 0.341 e. The number of carbonyl (C=O) groups is 1. The van der Waals surface area contributed by atoms with Crippen LogP contribution < -0.4 is 10.3 Å². The normalized spacial score (nSPS) is 14.9. The van der Waals surface area contributed by atoms with Crippen LogP contribution in [-0.2, 0) is 24.2 Å². The van der Waals surface area contributed by atoms with E-state index in [1.807, 2.05) is 41.1 Å². The van der Waals surface area contributed by atoms with Gasteiger partial charge in [-0.25, -0.2) is 4.79 Å². The average molecular weight is 480 g/mol. The van der Waals surface area contributed by atoms with Gasteiger partial charge in [0.25, 0.3) is 5.56 Å². The third kappa shape index (κ3) is 5.25. The monoisotopic (exact) mass is 479 g/mol. The second kappa shape index (κ2) is 10.6. The summed E-state index contributed by atoms with van der Waals surface area (Å²) in [4.78, 5) is 23.8. The molecule has 1 N–H and O–H groups in total. The molecule has 0 saturated heterocycles. The SMILES string of the molecule is O=C(O)COc1cccc2c1CCC(Cn1cc(C(c3ccccc3)c3ccccc3)ccc1=O)C2. The van der Waals surface area contributed by atoms with Crippen LogP contribution in [0.4, 0.5) is 0 Å². The Labute approximate surface area is 210 Å². The summed E-state index contributed by atoms with van der Waals surface area (Å²) in [6, 6.07) is 30.2. The highest BCUT2D eigenvalue weighted by Crippen LogP contribution is 2.34. The van der Waals surface area contributed by atoms with Crippen molar-refractivity contribution < 1.29 is 14.6 Å². The number of rotatable bonds is 8. The number of benzene rings is 3. The largest absolute Gasteiger partial charge is 0.482 e. The summed E-state index contributed by atoms with van der Waals surface area (Å²) in [5, 5.41) is 8.96. The van der Waals surface area contributed by atoms with Crippen molar-refractivity contribution in [1.29, 1.82) is 0 Å². The molecule has 5 heteroatoms. The van der Waals surface area contributed by atoms with E-state index in [0.29, 0.717) is 18.2 Å². The lowest BCUT2D eigenvalue weighted by molar-refractivity contribution is -0.139. The molecule has 0 saturated carbocycles. The molecule has 1 aliphatic rings. The number of aromatic nitrogens is 1. The smallest absolute Gasteiger partial charge is 0.341 e. The van der Waals surface area contributed by atoms with Gasteiger partial charge in [-0.15, -0.1) is 0 Å². The van der Waals surface area contributed by atoms with Gasteiger partial charge < -0.3 is 14.4 Å². The molecule has 3 aromatic carbocycles. The first-order valence-corrected chi connectivity index (χ1v) is 12.3. The zero-order valence-electron chi connectivity index (χ0n) is 20.0. The summed E-state index contributed by atoms with van der Waals surface area (Å²) >= 11 is 0. The fourth-order valence-electron chi connectivity index (χ4n) is 5.29. The minimum absolute atomic E-state index is 0.00274. The number of nitrogens with zero attached hydrogens (tertiary/aromatic N) is 1. The Balaban J connectivity index is 1.40. The van der Waals surface area contributed by atoms with Crippen LogP contribution in [0.15, 0.2) is 102 Å². The number of aliphatic carboxylic acids is 1. The number of fused-ring (bicyclic) bond motifs is 1. The van der Waals surface area contributed by atoms with E-state index < -0.39 is 5.97 Å². The van der Waals surface area contributed by atoms with Crippen LogP contribution in [-0.4, -0.2) is 22.2 Å². The van der Waals surface area contributed by atoms with Gasteiger partial charge in [0.15, 0.2) is 6.61 Å². The Bertz CT molecular complexity index is 1360. The molecule has 0 aliphatic heterocycles.